The Labute approximate surface area is 725 Å². The Morgan fingerprint density at radius 2 is 0.873 bits per heavy atom. The third-order valence-electron chi connectivity index (χ3n) is 20.7. The molecule has 4 aromatic carbocycles. The number of rotatable bonds is 12. The van der Waals surface area contributed by atoms with Crippen LogP contribution in [0.25, 0.3) is 0 Å². The van der Waals surface area contributed by atoms with Crippen LogP contribution in [0.3, 0.4) is 0 Å². The van der Waals surface area contributed by atoms with E-state index < -0.39 is 0 Å². The number of ether oxygens (including phenoxy) is 3. The number of thiazole rings is 2. The number of morpholine rings is 1. The summed E-state index contributed by atoms with van der Waals surface area (Å²) in [6.45, 7) is 68.1. The maximum absolute atomic E-state index is 5.64. The van der Waals surface area contributed by atoms with Crippen LogP contribution in [-0.2, 0) is 4.74 Å². The quantitative estimate of drug-likeness (QED) is 0.116. The molecule has 0 amide bonds. The smallest absolute Gasteiger partial charge is 0.185 e. The van der Waals surface area contributed by atoms with Gasteiger partial charge in [-0.2, -0.15) is 0 Å². The van der Waals surface area contributed by atoms with Gasteiger partial charge in [0.15, 0.2) is 16.7 Å². The Morgan fingerprint density at radius 3 is 1.36 bits per heavy atom. The van der Waals surface area contributed by atoms with Crippen molar-refractivity contribution in [3.8, 4) is 11.5 Å². The van der Waals surface area contributed by atoms with E-state index in [-0.39, 0.29) is 7.43 Å². The van der Waals surface area contributed by atoms with E-state index in [9.17, 15) is 0 Å². The molecule has 0 radical (unpaired) electrons. The summed E-state index contributed by atoms with van der Waals surface area (Å²) in [6, 6.07) is 47.0. The van der Waals surface area contributed by atoms with E-state index in [4.69, 9.17) is 19.2 Å². The van der Waals surface area contributed by atoms with Gasteiger partial charge < -0.3 is 33.8 Å². The van der Waals surface area contributed by atoms with Crippen molar-refractivity contribution in [2.45, 2.75) is 273 Å². The fourth-order valence-corrected chi connectivity index (χ4v) is 15.2. The third-order valence-corrected chi connectivity index (χ3v) is 23.6. The van der Waals surface area contributed by atoms with Crippen LogP contribution < -0.4 is 29.1 Å². The largest absolute Gasteiger partial charge is 0.490 e. The number of aryl methyl sites for hydroxylation is 7. The van der Waals surface area contributed by atoms with Crippen molar-refractivity contribution in [1.29, 1.82) is 0 Å². The molecule has 4 aliphatic heterocycles. The summed E-state index contributed by atoms with van der Waals surface area (Å²) in [5.41, 5.74) is 19.6. The molecule has 13 nitrogen and oxygen atoms in total. The predicted molar refractivity (Wildman–Crippen MR) is 514 cm³/mol. The number of aromatic nitrogens is 6. The maximum Gasteiger partial charge on any atom is 0.185 e. The van der Waals surface area contributed by atoms with Crippen molar-refractivity contribution in [2.75, 3.05) is 99.4 Å². The van der Waals surface area contributed by atoms with Gasteiger partial charge in [0.25, 0.3) is 0 Å². The minimum absolute atomic E-state index is 0. The molecule has 2 saturated heterocycles. The van der Waals surface area contributed by atoms with E-state index in [0.29, 0.717) is 59.2 Å². The second kappa shape index (κ2) is 53.2. The van der Waals surface area contributed by atoms with E-state index >= 15 is 0 Å². The van der Waals surface area contributed by atoms with E-state index in [1.165, 1.54) is 131 Å². The summed E-state index contributed by atoms with van der Waals surface area (Å²) >= 11 is 3.70. The fraction of sp³-hybridized carbons (Fsp3) is 0.515. The standard InChI is InChI=1S/C12H18N2O.C12H20N2S.C12H17NO.C11H16N2O.2C10H14.2C9H13N.C9H12.C8H13NS.CH4/c1-10(2)11-3-4-13-12(9-11)14-5-7-15-8-6-14;1-9(2)11-10(3)13-12(15-11)14-7-5-4-6-8-14;1-9(2)10-4-5-11-12(8-10)14-7-6-13(11)3;1-8(2)9-6-10-11(12-7-9)13(3)4-5-14-10;1-8(2)10-6-4-5-9(3)7-10;1-8(2)10-7-5-4-6-9(10)3;1-7(2)9-4-8(3)5-10-6-9;1-7(2)9-5-4-8(3)10-6-9;1-8(2)9-6-4-3-5-7-9;1-5(2)8-6(3)9-7(4)10-8;/h3-4,9-10H,5-8H2,1-2H3;9H,4-8H2,1-3H3;4-5,8-9H,6-7H2,1-3H3;6-8H,4-5H2,1-3H3;2*4-8H,1-3H3;2*4-7H,1-3H3;3-8H,1-2H3;5H,1-4H3;1H4. The van der Waals surface area contributed by atoms with Crippen LogP contribution in [0.4, 0.5) is 22.5 Å². The van der Waals surface area contributed by atoms with Gasteiger partial charge in [0, 0.05) is 86.7 Å². The van der Waals surface area contributed by atoms with Crippen molar-refractivity contribution in [3.05, 3.63) is 257 Å². The molecule has 4 aliphatic rings. The van der Waals surface area contributed by atoms with Crippen molar-refractivity contribution < 1.29 is 14.2 Å². The number of benzene rings is 4. The Hall–Kier alpha value is -8.50. The molecule has 14 rings (SSSR count). The molecule has 2 fully saturated rings. The molecule has 15 heteroatoms. The number of piperidine rings is 1. The van der Waals surface area contributed by atoms with Crippen molar-refractivity contribution >= 4 is 45.1 Å². The van der Waals surface area contributed by atoms with Crippen LogP contribution in [0.15, 0.2) is 164 Å². The average molecular weight is 1640 g/mol. The number of hydrogen-bond donors (Lipinski definition) is 0. The number of nitrogens with zero attached hydrogens (tertiary/aromatic N) is 10. The molecule has 0 bridgehead atoms. The molecule has 0 atom stereocenters. The van der Waals surface area contributed by atoms with E-state index in [0.717, 1.165) is 81.4 Å². The van der Waals surface area contributed by atoms with Gasteiger partial charge in [-0.15, -0.1) is 22.7 Å². The lowest BCUT2D eigenvalue weighted by Crippen LogP contribution is -2.36. The zero-order valence-electron chi connectivity index (χ0n) is 77.6. The monoisotopic (exact) mass is 1640 g/mol. The molecule has 646 valence electrons. The summed E-state index contributed by atoms with van der Waals surface area (Å²) in [4.78, 5) is 38.2. The minimum Gasteiger partial charge on any atom is -0.490 e. The Morgan fingerprint density at radius 1 is 0.364 bits per heavy atom. The lowest BCUT2D eigenvalue weighted by atomic mass is 9.99. The highest BCUT2D eigenvalue weighted by Crippen LogP contribution is 2.36. The lowest BCUT2D eigenvalue weighted by Gasteiger charge is -2.28. The normalized spacial score (nSPS) is 13.2. The predicted octanol–water partition coefficient (Wildman–Crippen LogP) is 27.9. The molecular weight excluding hydrogens is 1490 g/mol. The highest BCUT2D eigenvalue weighted by atomic mass is 32.1. The van der Waals surface area contributed by atoms with E-state index in [1.807, 2.05) is 73.7 Å². The van der Waals surface area contributed by atoms with Gasteiger partial charge in [-0.05, 0) is 219 Å². The zero-order valence-corrected chi connectivity index (χ0v) is 79.2. The van der Waals surface area contributed by atoms with E-state index in [2.05, 4.69) is 359 Å². The summed E-state index contributed by atoms with van der Waals surface area (Å²) in [5.74, 6) is 10.0. The summed E-state index contributed by atoms with van der Waals surface area (Å²) < 4.78 is 16.6. The lowest BCUT2D eigenvalue weighted by molar-refractivity contribution is 0.122. The number of likely N-dealkylation sites (N-methyl/N-ethyl adjacent to an activating group) is 2. The molecule has 0 N–H and O–H groups in total. The highest BCUT2D eigenvalue weighted by Gasteiger charge is 2.21. The molecular formula is C103H154N10O3S2. The minimum atomic E-state index is 0. The SMILES string of the molecule is C.CC(C)c1ccc2c(c1)OCCN2C.CC(C)c1ccccc1.CC(C)c1ccnc(N2CCOCC2)c1.CC(C)c1cnc2c(c1)OCCN2C.Cc1ccc(C(C)C)cn1.Cc1cccc(C(C)C)c1.Cc1ccccc1C(C)C.Cc1cncc(C(C)C)c1.Cc1nc(C)c(C(C)C)s1.Cc1nc(N2CCCCC2)sc1C(C)C. The van der Waals surface area contributed by atoms with Gasteiger partial charge in [-0.25, -0.2) is 19.9 Å². The van der Waals surface area contributed by atoms with Gasteiger partial charge in [0.05, 0.1) is 48.4 Å². The number of anilines is 4. The van der Waals surface area contributed by atoms with Crippen LogP contribution in [0.1, 0.15) is 317 Å². The zero-order chi connectivity index (χ0) is 86.4. The second-order valence-electron chi connectivity index (χ2n) is 34.3. The van der Waals surface area contributed by atoms with Gasteiger partial charge in [0.2, 0.25) is 0 Å². The first-order valence-corrected chi connectivity index (χ1v) is 45.0. The number of hydrogen-bond acceptors (Lipinski definition) is 15. The van der Waals surface area contributed by atoms with Crippen molar-refractivity contribution in [1.82, 2.24) is 29.9 Å². The summed E-state index contributed by atoms with van der Waals surface area (Å²) in [5, 5.41) is 2.43. The molecule has 6 aromatic heterocycles. The molecule has 0 aliphatic carbocycles. The van der Waals surface area contributed by atoms with Crippen molar-refractivity contribution in [3.63, 3.8) is 0 Å². The number of pyridine rings is 4. The highest BCUT2D eigenvalue weighted by molar-refractivity contribution is 7.15. The topological polar surface area (TPSA) is 118 Å². The van der Waals surface area contributed by atoms with Crippen LogP contribution in [0.2, 0.25) is 0 Å². The molecule has 118 heavy (non-hydrogen) atoms. The first-order chi connectivity index (χ1) is 55.5. The molecule has 10 heterocycles. The molecule has 0 saturated carbocycles. The molecule has 10 aromatic rings. The Kier molecular flexibility index (Phi) is 45.9. The first-order valence-electron chi connectivity index (χ1n) is 43.3. The van der Waals surface area contributed by atoms with Crippen LogP contribution in [-0.4, -0.2) is 110 Å². The van der Waals surface area contributed by atoms with Crippen LogP contribution >= 0.6 is 22.7 Å². The van der Waals surface area contributed by atoms with Crippen LogP contribution in [0.5, 0.6) is 11.5 Å². The van der Waals surface area contributed by atoms with Gasteiger partial charge in [-0.3, -0.25) is 9.97 Å². The maximum atomic E-state index is 5.64. The summed E-state index contributed by atoms with van der Waals surface area (Å²) in [7, 11) is 4.15. The van der Waals surface area contributed by atoms with Crippen LogP contribution in [0, 0.1) is 48.5 Å². The first kappa shape index (κ1) is 102. The van der Waals surface area contributed by atoms with Crippen molar-refractivity contribution in [2.24, 2.45) is 0 Å². The summed E-state index contributed by atoms with van der Waals surface area (Å²) in [6.07, 6.45) is 13.6. The van der Waals surface area contributed by atoms with Gasteiger partial charge >= 0.3 is 0 Å². The third kappa shape index (κ3) is 35.8. The van der Waals surface area contributed by atoms with Gasteiger partial charge in [-0.1, -0.05) is 249 Å². The molecule has 0 unspecified atom stereocenters. The number of fused-ring (bicyclic) bond motifs is 2. The van der Waals surface area contributed by atoms with Gasteiger partial charge in [0.1, 0.15) is 24.8 Å². The molecule has 0 spiro atoms. The Bertz CT molecular complexity index is 4280. The average Bonchev–Trinajstić information content (AvgIpc) is 1.19. The Balaban J connectivity index is 0.000000277. The second-order valence-corrected chi connectivity index (χ2v) is 36.6. The fourth-order valence-electron chi connectivity index (χ4n) is 13.1. The van der Waals surface area contributed by atoms with E-state index in [1.54, 1.807) is 0 Å².